The van der Waals surface area contributed by atoms with Gasteiger partial charge in [-0.15, -0.1) is 0 Å². The van der Waals surface area contributed by atoms with Gasteiger partial charge >= 0.3 is 0 Å². The summed E-state index contributed by atoms with van der Waals surface area (Å²) in [6, 6.07) is 5.85. The van der Waals surface area contributed by atoms with E-state index in [-0.39, 0.29) is 10.6 Å². The van der Waals surface area contributed by atoms with Crippen LogP contribution in [0.2, 0.25) is 0 Å². The third-order valence-corrected chi connectivity index (χ3v) is 3.96. The van der Waals surface area contributed by atoms with Gasteiger partial charge < -0.3 is 5.32 Å². The Labute approximate surface area is 119 Å². The third-order valence-electron chi connectivity index (χ3n) is 3.02. The average molecular weight is 282 g/mol. The predicted molar refractivity (Wildman–Crippen MR) is 81.8 cm³/mol. The van der Waals surface area contributed by atoms with Crippen molar-refractivity contribution in [3.63, 3.8) is 0 Å². The molecule has 1 atom stereocenters. The van der Waals surface area contributed by atoms with Gasteiger partial charge in [-0.1, -0.05) is 19.1 Å². The number of hydrogen-bond acceptors (Lipinski definition) is 4. The number of nitro groups is 1. The minimum absolute atomic E-state index is 0.202. The Morgan fingerprint density at radius 3 is 2.84 bits per heavy atom. The Hall–Kier alpha value is -1.07. The fraction of sp³-hybridized carbons (Fsp3) is 0.571. The summed E-state index contributed by atoms with van der Waals surface area (Å²) in [6.07, 6.45) is 1.12. The number of hydrogen-bond donors (Lipinski definition) is 1. The number of aryl methyl sites for hydroxylation is 1. The predicted octanol–water partition coefficient (Wildman–Crippen LogP) is 3.52. The number of benzene rings is 1. The lowest BCUT2D eigenvalue weighted by molar-refractivity contribution is -0.385. The first kappa shape index (κ1) is 16.0. The van der Waals surface area contributed by atoms with Crippen molar-refractivity contribution in [1.29, 1.82) is 0 Å². The summed E-state index contributed by atoms with van der Waals surface area (Å²) in [5.74, 6) is 2.30. The molecule has 106 valence electrons. The molecule has 19 heavy (non-hydrogen) atoms. The van der Waals surface area contributed by atoms with Crippen molar-refractivity contribution in [3.05, 3.63) is 39.4 Å². The van der Waals surface area contributed by atoms with Gasteiger partial charge in [0, 0.05) is 24.2 Å². The fourth-order valence-electron chi connectivity index (χ4n) is 1.76. The maximum absolute atomic E-state index is 10.9. The van der Waals surface area contributed by atoms with Gasteiger partial charge in [0.05, 0.1) is 4.92 Å². The van der Waals surface area contributed by atoms with Crippen molar-refractivity contribution in [2.45, 2.75) is 39.8 Å². The van der Waals surface area contributed by atoms with Crippen LogP contribution < -0.4 is 5.32 Å². The van der Waals surface area contributed by atoms with Crippen LogP contribution in [-0.2, 0) is 6.54 Å². The number of rotatable bonds is 8. The molecule has 1 aromatic rings. The first-order valence-electron chi connectivity index (χ1n) is 6.59. The van der Waals surface area contributed by atoms with E-state index >= 15 is 0 Å². The summed E-state index contributed by atoms with van der Waals surface area (Å²) in [7, 11) is 0. The molecule has 0 aliphatic heterocycles. The molecule has 0 aromatic heterocycles. The first-order valence-corrected chi connectivity index (χ1v) is 7.75. The van der Waals surface area contributed by atoms with Crippen LogP contribution in [0.4, 0.5) is 5.69 Å². The first-order chi connectivity index (χ1) is 9.04. The van der Waals surface area contributed by atoms with Gasteiger partial charge in [0.25, 0.3) is 5.69 Å². The quantitative estimate of drug-likeness (QED) is 0.450. The summed E-state index contributed by atoms with van der Waals surface area (Å²) in [4.78, 5) is 10.5. The summed E-state index contributed by atoms with van der Waals surface area (Å²) in [5.41, 5.74) is 1.88. The highest BCUT2D eigenvalue weighted by molar-refractivity contribution is 7.99. The number of nitrogens with zero attached hydrogens (tertiary/aromatic N) is 1. The molecule has 5 heteroatoms. The monoisotopic (exact) mass is 282 g/mol. The van der Waals surface area contributed by atoms with E-state index in [1.807, 2.05) is 23.9 Å². The van der Waals surface area contributed by atoms with Crippen molar-refractivity contribution in [1.82, 2.24) is 5.32 Å². The van der Waals surface area contributed by atoms with Crippen LogP contribution in [0.3, 0.4) is 0 Å². The maximum Gasteiger partial charge on any atom is 0.272 e. The molecule has 0 spiro atoms. The van der Waals surface area contributed by atoms with Gasteiger partial charge in [-0.2, -0.15) is 11.8 Å². The Bertz CT molecular complexity index is 424. The van der Waals surface area contributed by atoms with Crippen LogP contribution >= 0.6 is 11.8 Å². The topological polar surface area (TPSA) is 55.2 Å². The standard InChI is InChI=1S/C14H22N2O2S/c1-4-19-8-7-12(3)15-10-13-6-5-11(2)14(9-13)16(17)18/h5-6,9,12,15H,4,7-8,10H2,1-3H3. The Balaban J connectivity index is 2.49. The molecular formula is C14H22N2O2S. The van der Waals surface area contributed by atoms with E-state index in [9.17, 15) is 10.1 Å². The molecule has 0 bridgehead atoms. The Morgan fingerprint density at radius 1 is 1.47 bits per heavy atom. The molecule has 0 aliphatic carbocycles. The van der Waals surface area contributed by atoms with Gasteiger partial charge in [-0.25, -0.2) is 0 Å². The van der Waals surface area contributed by atoms with Gasteiger partial charge in [-0.3, -0.25) is 10.1 Å². The van der Waals surface area contributed by atoms with Crippen molar-refractivity contribution < 1.29 is 4.92 Å². The second-order valence-electron chi connectivity index (χ2n) is 4.65. The molecular weight excluding hydrogens is 260 g/mol. The van der Waals surface area contributed by atoms with E-state index in [1.54, 1.807) is 13.0 Å². The minimum atomic E-state index is -0.319. The highest BCUT2D eigenvalue weighted by Gasteiger charge is 2.11. The molecule has 0 fully saturated rings. The average Bonchev–Trinajstić information content (AvgIpc) is 2.37. The van der Waals surface area contributed by atoms with E-state index in [2.05, 4.69) is 19.2 Å². The molecule has 4 nitrogen and oxygen atoms in total. The van der Waals surface area contributed by atoms with Gasteiger partial charge in [-0.05, 0) is 37.3 Å². The lowest BCUT2D eigenvalue weighted by atomic mass is 10.1. The molecule has 1 unspecified atom stereocenters. The lowest BCUT2D eigenvalue weighted by Gasteiger charge is -2.13. The number of nitrogens with one attached hydrogen (secondary N) is 1. The molecule has 1 aromatic carbocycles. The fourth-order valence-corrected chi connectivity index (χ4v) is 2.57. The Kier molecular flexibility index (Phi) is 6.87. The molecule has 0 aliphatic rings. The van der Waals surface area contributed by atoms with Gasteiger partial charge in [0.15, 0.2) is 0 Å². The molecule has 0 heterocycles. The summed E-state index contributed by atoms with van der Waals surface area (Å²) in [5, 5.41) is 14.3. The van der Waals surface area contributed by atoms with E-state index in [0.29, 0.717) is 18.2 Å². The molecule has 1 rings (SSSR count). The maximum atomic E-state index is 10.9. The molecule has 0 radical (unpaired) electrons. The van der Waals surface area contributed by atoms with E-state index in [0.717, 1.165) is 23.5 Å². The van der Waals surface area contributed by atoms with Crippen LogP contribution in [0.15, 0.2) is 18.2 Å². The summed E-state index contributed by atoms with van der Waals surface area (Å²) >= 11 is 1.94. The van der Waals surface area contributed by atoms with E-state index < -0.39 is 0 Å². The molecule has 0 saturated heterocycles. The highest BCUT2D eigenvalue weighted by Crippen LogP contribution is 2.19. The SMILES string of the molecule is CCSCCC(C)NCc1ccc(C)c([N+](=O)[O-])c1. The molecule has 0 saturated carbocycles. The van der Waals surface area contributed by atoms with Crippen LogP contribution in [0.5, 0.6) is 0 Å². The van der Waals surface area contributed by atoms with Crippen molar-refractivity contribution in [3.8, 4) is 0 Å². The molecule has 0 amide bonds. The molecule has 1 N–H and O–H groups in total. The van der Waals surface area contributed by atoms with Crippen molar-refractivity contribution in [2.75, 3.05) is 11.5 Å². The largest absolute Gasteiger partial charge is 0.310 e. The zero-order chi connectivity index (χ0) is 14.3. The van der Waals surface area contributed by atoms with Gasteiger partial charge in [0.1, 0.15) is 0 Å². The number of nitro benzene ring substituents is 1. The second kappa shape index (κ2) is 8.17. The second-order valence-corrected chi connectivity index (χ2v) is 6.04. The van der Waals surface area contributed by atoms with E-state index in [4.69, 9.17) is 0 Å². The summed E-state index contributed by atoms with van der Waals surface area (Å²) in [6.45, 7) is 6.76. The Morgan fingerprint density at radius 2 is 2.21 bits per heavy atom. The third kappa shape index (κ3) is 5.61. The van der Waals surface area contributed by atoms with Crippen molar-refractivity contribution >= 4 is 17.4 Å². The minimum Gasteiger partial charge on any atom is -0.310 e. The van der Waals surface area contributed by atoms with Crippen LogP contribution in [-0.4, -0.2) is 22.5 Å². The van der Waals surface area contributed by atoms with Crippen LogP contribution in [0, 0.1) is 17.0 Å². The summed E-state index contributed by atoms with van der Waals surface area (Å²) < 4.78 is 0. The van der Waals surface area contributed by atoms with Crippen molar-refractivity contribution in [2.24, 2.45) is 0 Å². The zero-order valence-corrected chi connectivity index (χ0v) is 12.6. The zero-order valence-electron chi connectivity index (χ0n) is 11.8. The highest BCUT2D eigenvalue weighted by atomic mass is 32.2. The van der Waals surface area contributed by atoms with E-state index in [1.165, 1.54) is 0 Å². The van der Waals surface area contributed by atoms with Gasteiger partial charge in [0.2, 0.25) is 0 Å². The smallest absolute Gasteiger partial charge is 0.272 e. The van der Waals surface area contributed by atoms with Crippen LogP contribution in [0.1, 0.15) is 31.4 Å². The van der Waals surface area contributed by atoms with Crippen LogP contribution in [0.25, 0.3) is 0 Å². The lowest BCUT2D eigenvalue weighted by Crippen LogP contribution is -2.26. The normalized spacial score (nSPS) is 12.4. The number of thioether (sulfide) groups is 1.